The van der Waals surface area contributed by atoms with E-state index < -0.39 is 0 Å². The predicted octanol–water partition coefficient (Wildman–Crippen LogP) is 2.30. The summed E-state index contributed by atoms with van der Waals surface area (Å²) in [5, 5.41) is 3.42. The summed E-state index contributed by atoms with van der Waals surface area (Å²) in [6.45, 7) is 1.99. The molecule has 0 bridgehead atoms. The molecule has 0 radical (unpaired) electrons. The zero-order valence-electron chi connectivity index (χ0n) is 11.2. The van der Waals surface area contributed by atoms with Crippen LogP contribution in [0.1, 0.15) is 48.7 Å². The molecular formula is C14H20ClN3O. The fourth-order valence-corrected chi connectivity index (χ4v) is 2.62. The summed E-state index contributed by atoms with van der Waals surface area (Å²) < 4.78 is 0. The van der Waals surface area contributed by atoms with Crippen LogP contribution in [0.3, 0.4) is 0 Å². The van der Waals surface area contributed by atoms with E-state index in [1.165, 1.54) is 0 Å². The lowest BCUT2D eigenvalue weighted by atomic mass is 9.91. The van der Waals surface area contributed by atoms with Crippen LogP contribution >= 0.6 is 11.6 Å². The molecule has 4 nitrogen and oxygen atoms in total. The van der Waals surface area contributed by atoms with Crippen molar-refractivity contribution in [2.45, 2.75) is 51.1 Å². The summed E-state index contributed by atoms with van der Waals surface area (Å²) in [6.07, 6.45) is 4.61. The number of carbonyl (C=O) groups is 1. The van der Waals surface area contributed by atoms with Gasteiger partial charge in [0.05, 0.1) is 0 Å². The van der Waals surface area contributed by atoms with E-state index in [9.17, 15) is 4.79 Å². The van der Waals surface area contributed by atoms with Gasteiger partial charge in [-0.2, -0.15) is 0 Å². The Morgan fingerprint density at radius 3 is 2.74 bits per heavy atom. The summed E-state index contributed by atoms with van der Waals surface area (Å²) in [7, 11) is 0. The van der Waals surface area contributed by atoms with Gasteiger partial charge in [-0.05, 0) is 44.2 Å². The third-order valence-corrected chi connectivity index (χ3v) is 3.77. The highest BCUT2D eigenvalue weighted by molar-refractivity contribution is 6.29. The van der Waals surface area contributed by atoms with E-state index in [-0.39, 0.29) is 18.0 Å². The topological polar surface area (TPSA) is 68.0 Å². The molecule has 1 fully saturated rings. The number of nitrogens with zero attached hydrogens (tertiary/aromatic N) is 1. The second-order valence-electron chi connectivity index (χ2n) is 5.11. The number of aryl methyl sites for hydroxylation is 1. The summed E-state index contributed by atoms with van der Waals surface area (Å²) >= 11 is 5.93. The van der Waals surface area contributed by atoms with Gasteiger partial charge in [0, 0.05) is 23.3 Å². The van der Waals surface area contributed by atoms with E-state index in [2.05, 4.69) is 10.3 Å². The first-order chi connectivity index (χ1) is 9.08. The van der Waals surface area contributed by atoms with Crippen LogP contribution in [0.5, 0.6) is 0 Å². The van der Waals surface area contributed by atoms with Crippen LogP contribution in [0.15, 0.2) is 12.1 Å². The van der Waals surface area contributed by atoms with Crippen LogP contribution in [-0.4, -0.2) is 23.0 Å². The van der Waals surface area contributed by atoms with Crippen LogP contribution in [0.4, 0.5) is 0 Å². The minimum absolute atomic E-state index is 0.0699. The van der Waals surface area contributed by atoms with Gasteiger partial charge in [-0.25, -0.2) is 4.98 Å². The van der Waals surface area contributed by atoms with Crippen molar-refractivity contribution in [3.63, 3.8) is 0 Å². The number of hydrogen-bond donors (Lipinski definition) is 2. The van der Waals surface area contributed by atoms with E-state index in [1.54, 1.807) is 12.1 Å². The Morgan fingerprint density at radius 1 is 1.42 bits per heavy atom. The van der Waals surface area contributed by atoms with Crippen LogP contribution in [0.2, 0.25) is 5.15 Å². The van der Waals surface area contributed by atoms with Gasteiger partial charge in [0.15, 0.2) is 0 Å². The van der Waals surface area contributed by atoms with Gasteiger partial charge in [-0.15, -0.1) is 0 Å². The number of rotatable bonds is 3. The fourth-order valence-electron chi connectivity index (χ4n) is 2.40. The third-order valence-electron chi connectivity index (χ3n) is 3.58. The summed E-state index contributed by atoms with van der Waals surface area (Å²) in [5.74, 6) is -0.0699. The van der Waals surface area contributed by atoms with Gasteiger partial charge < -0.3 is 11.1 Å². The molecule has 0 saturated heterocycles. The second-order valence-corrected chi connectivity index (χ2v) is 5.50. The Bertz CT molecular complexity index is 456. The third kappa shape index (κ3) is 3.91. The molecule has 104 valence electrons. The van der Waals surface area contributed by atoms with Crippen molar-refractivity contribution < 1.29 is 4.79 Å². The van der Waals surface area contributed by atoms with Gasteiger partial charge in [0.2, 0.25) is 0 Å². The number of aromatic nitrogens is 1. The highest BCUT2D eigenvalue weighted by atomic mass is 35.5. The number of hydrogen-bond acceptors (Lipinski definition) is 3. The first-order valence-electron chi connectivity index (χ1n) is 6.81. The van der Waals surface area contributed by atoms with Crippen molar-refractivity contribution in [2.75, 3.05) is 0 Å². The van der Waals surface area contributed by atoms with Crippen LogP contribution in [-0.2, 0) is 6.42 Å². The minimum atomic E-state index is -0.0699. The maximum absolute atomic E-state index is 12.2. The molecule has 0 unspecified atom stereocenters. The molecule has 2 rings (SSSR count). The normalized spacial score (nSPS) is 23.1. The lowest BCUT2D eigenvalue weighted by Gasteiger charge is -2.26. The molecule has 1 aromatic heterocycles. The van der Waals surface area contributed by atoms with Crippen LogP contribution in [0, 0.1) is 0 Å². The van der Waals surface area contributed by atoms with Gasteiger partial charge in [-0.1, -0.05) is 18.5 Å². The maximum Gasteiger partial charge on any atom is 0.251 e. The molecule has 1 aliphatic carbocycles. The Morgan fingerprint density at radius 2 is 2.11 bits per heavy atom. The van der Waals surface area contributed by atoms with Crippen molar-refractivity contribution in [1.29, 1.82) is 0 Å². The van der Waals surface area contributed by atoms with E-state index in [4.69, 9.17) is 17.3 Å². The van der Waals surface area contributed by atoms with Crippen molar-refractivity contribution in [1.82, 2.24) is 10.3 Å². The number of nitrogens with two attached hydrogens (primary N) is 1. The molecule has 19 heavy (non-hydrogen) atoms. The zero-order valence-corrected chi connectivity index (χ0v) is 11.9. The number of pyridine rings is 1. The van der Waals surface area contributed by atoms with Gasteiger partial charge >= 0.3 is 0 Å². The van der Waals surface area contributed by atoms with E-state index in [0.717, 1.165) is 37.8 Å². The predicted molar refractivity (Wildman–Crippen MR) is 76.3 cm³/mol. The number of halogens is 1. The molecule has 1 saturated carbocycles. The van der Waals surface area contributed by atoms with Crippen molar-refractivity contribution in [3.05, 3.63) is 28.5 Å². The summed E-state index contributed by atoms with van der Waals surface area (Å²) in [4.78, 5) is 16.3. The number of carbonyl (C=O) groups excluding carboxylic acids is 1. The van der Waals surface area contributed by atoms with Crippen LogP contribution < -0.4 is 11.1 Å². The molecular weight excluding hydrogens is 262 g/mol. The Kier molecular flexibility index (Phi) is 4.77. The zero-order chi connectivity index (χ0) is 13.8. The molecule has 0 aromatic carbocycles. The molecule has 5 heteroatoms. The number of amides is 1. The van der Waals surface area contributed by atoms with Gasteiger partial charge in [0.25, 0.3) is 5.91 Å². The highest BCUT2D eigenvalue weighted by Gasteiger charge is 2.20. The smallest absolute Gasteiger partial charge is 0.251 e. The SMILES string of the molecule is CCc1cc(C(=O)NC2CCC(N)CC2)cc(Cl)n1. The molecule has 3 N–H and O–H groups in total. The quantitative estimate of drug-likeness (QED) is 0.836. The Balaban J connectivity index is 2.01. The first kappa shape index (κ1) is 14.3. The van der Waals surface area contributed by atoms with Gasteiger partial charge in [-0.3, -0.25) is 4.79 Å². The maximum atomic E-state index is 12.2. The van der Waals surface area contributed by atoms with Crippen molar-refractivity contribution in [3.8, 4) is 0 Å². The molecule has 1 aromatic rings. The van der Waals surface area contributed by atoms with Crippen molar-refractivity contribution in [2.24, 2.45) is 5.73 Å². The second kappa shape index (κ2) is 6.35. The lowest BCUT2D eigenvalue weighted by Crippen LogP contribution is -2.40. The summed E-state index contributed by atoms with van der Waals surface area (Å²) in [5.41, 5.74) is 7.28. The molecule has 0 aliphatic heterocycles. The highest BCUT2D eigenvalue weighted by Crippen LogP contribution is 2.18. The fraction of sp³-hybridized carbons (Fsp3) is 0.571. The van der Waals surface area contributed by atoms with Crippen molar-refractivity contribution >= 4 is 17.5 Å². The van der Waals surface area contributed by atoms with E-state index in [1.807, 2.05) is 6.92 Å². The van der Waals surface area contributed by atoms with Gasteiger partial charge in [0.1, 0.15) is 5.15 Å². The Labute approximate surface area is 118 Å². The minimum Gasteiger partial charge on any atom is -0.349 e. The molecule has 0 spiro atoms. The first-order valence-corrected chi connectivity index (χ1v) is 7.19. The molecule has 1 amide bonds. The van der Waals surface area contributed by atoms with E-state index >= 15 is 0 Å². The summed E-state index contributed by atoms with van der Waals surface area (Å²) in [6, 6.07) is 3.93. The number of nitrogens with one attached hydrogen (secondary N) is 1. The average Bonchev–Trinajstić information content (AvgIpc) is 2.40. The van der Waals surface area contributed by atoms with E-state index in [0.29, 0.717) is 10.7 Å². The Hall–Kier alpha value is -1.13. The largest absolute Gasteiger partial charge is 0.349 e. The lowest BCUT2D eigenvalue weighted by molar-refractivity contribution is 0.0925. The molecule has 0 atom stereocenters. The molecule has 1 heterocycles. The standard InChI is InChI=1S/C14H20ClN3O/c1-2-11-7-9(8-13(15)17-11)14(19)18-12-5-3-10(16)4-6-12/h7-8,10,12H,2-6,16H2,1H3,(H,18,19). The average molecular weight is 282 g/mol. The molecule has 1 aliphatic rings. The van der Waals surface area contributed by atoms with Crippen LogP contribution in [0.25, 0.3) is 0 Å². The monoisotopic (exact) mass is 281 g/mol.